The zero-order valence-corrected chi connectivity index (χ0v) is 15.3. The van der Waals surface area contributed by atoms with Crippen LogP contribution in [0.5, 0.6) is 0 Å². The predicted octanol–water partition coefficient (Wildman–Crippen LogP) is 2.03. The molecule has 0 saturated heterocycles. The van der Waals surface area contributed by atoms with Crippen LogP contribution in [-0.4, -0.2) is 0 Å². The molecule has 0 aliphatic rings. The highest BCUT2D eigenvalue weighted by Gasteiger charge is 2.13. The zero-order valence-electron chi connectivity index (χ0n) is 14.6. The molecule has 0 amide bonds. The Morgan fingerprint density at radius 1 is 0.762 bits per heavy atom. The van der Waals surface area contributed by atoms with Crippen LogP contribution in [0.1, 0.15) is 82.9 Å². The highest BCUT2D eigenvalue weighted by Crippen LogP contribution is 2.18. The van der Waals surface area contributed by atoms with E-state index in [1.807, 2.05) is 0 Å². The lowest BCUT2D eigenvalue weighted by Gasteiger charge is -2.12. The molecule has 122 valence electrons. The molecular weight excluding hydrogens is 278 g/mol. The maximum Gasteiger partial charge on any atom is 0.172 e. The van der Waals surface area contributed by atoms with Gasteiger partial charge in [0.1, 0.15) is 6.54 Å². The summed E-state index contributed by atoms with van der Waals surface area (Å²) in [6, 6.07) is 0. The number of rotatable bonds is 10. The second-order valence-electron chi connectivity index (χ2n) is 5.89. The standard InChI is InChI=1S/C19H34N.ClH/c1-5-9-10-11-12-14-18-16-20(8-4)15-17(7-3)19(18)13-6-2;/h15-16H,5-14H2,1-4H3;1H/q+1;/p-1. The van der Waals surface area contributed by atoms with Crippen LogP contribution in [0.4, 0.5) is 0 Å². The van der Waals surface area contributed by atoms with E-state index in [2.05, 4.69) is 44.7 Å². The zero-order chi connectivity index (χ0) is 14.8. The first-order chi connectivity index (χ1) is 9.76. The van der Waals surface area contributed by atoms with Gasteiger partial charge in [0, 0.05) is 11.1 Å². The van der Waals surface area contributed by atoms with Gasteiger partial charge in [0.25, 0.3) is 0 Å². The van der Waals surface area contributed by atoms with Crippen molar-refractivity contribution >= 4 is 0 Å². The maximum atomic E-state index is 2.41. The minimum atomic E-state index is 0. The molecule has 0 radical (unpaired) electrons. The Balaban J connectivity index is 0.00000400. The van der Waals surface area contributed by atoms with Gasteiger partial charge >= 0.3 is 0 Å². The van der Waals surface area contributed by atoms with Crippen molar-refractivity contribution in [3.8, 4) is 0 Å². The van der Waals surface area contributed by atoms with Crippen LogP contribution in [0, 0.1) is 0 Å². The Morgan fingerprint density at radius 2 is 1.43 bits per heavy atom. The Hall–Kier alpha value is -0.560. The fourth-order valence-electron chi connectivity index (χ4n) is 2.99. The van der Waals surface area contributed by atoms with Crippen molar-refractivity contribution in [3.63, 3.8) is 0 Å². The third kappa shape index (κ3) is 6.82. The molecule has 0 atom stereocenters. The Labute approximate surface area is 138 Å². The number of nitrogens with zero attached hydrogens (tertiary/aromatic N) is 1. The molecule has 0 unspecified atom stereocenters. The normalized spacial score (nSPS) is 10.5. The molecule has 2 heteroatoms. The average molecular weight is 312 g/mol. The highest BCUT2D eigenvalue weighted by atomic mass is 35.5. The summed E-state index contributed by atoms with van der Waals surface area (Å²) in [5.74, 6) is 0. The smallest absolute Gasteiger partial charge is 0.172 e. The van der Waals surface area contributed by atoms with Gasteiger partial charge in [-0.1, -0.05) is 52.9 Å². The number of aromatic nitrogens is 1. The number of halogens is 1. The lowest BCUT2D eigenvalue weighted by molar-refractivity contribution is -0.694. The molecule has 0 saturated carbocycles. The quantitative estimate of drug-likeness (QED) is 0.460. The van der Waals surface area contributed by atoms with Crippen LogP contribution in [0.25, 0.3) is 0 Å². The molecule has 0 aliphatic heterocycles. The maximum absolute atomic E-state index is 2.41. The van der Waals surface area contributed by atoms with Crippen LogP contribution < -0.4 is 17.0 Å². The summed E-state index contributed by atoms with van der Waals surface area (Å²) >= 11 is 0. The Morgan fingerprint density at radius 3 is 2.00 bits per heavy atom. The molecule has 21 heavy (non-hydrogen) atoms. The number of hydrogen-bond acceptors (Lipinski definition) is 0. The first-order valence-corrected chi connectivity index (χ1v) is 8.80. The molecule has 0 aromatic carbocycles. The number of hydrogen-bond donors (Lipinski definition) is 0. The minimum absolute atomic E-state index is 0. The van der Waals surface area contributed by atoms with E-state index in [1.54, 1.807) is 16.7 Å². The molecule has 1 nitrogen and oxygen atoms in total. The fourth-order valence-corrected chi connectivity index (χ4v) is 2.99. The summed E-state index contributed by atoms with van der Waals surface area (Å²) in [7, 11) is 0. The summed E-state index contributed by atoms with van der Waals surface area (Å²) in [5.41, 5.74) is 4.83. The van der Waals surface area contributed by atoms with Crippen molar-refractivity contribution in [2.45, 2.75) is 92.0 Å². The first-order valence-electron chi connectivity index (χ1n) is 8.80. The molecule has 0 fully saturated rings. The van der Waals surface area contributed by atoms with Gasteiger partial charge in [0.2, 0.25) is 0 Å². The van der Waals surface area contributed by atoms with Crippen molar-refractivity contribution in [1.29, 1.82) is 0 Å². The summed E-state index contributed by atoms with van der Waals surface area (Å²) in [6.45, 7) is 10.2. The van der Waals surface area contributed by atoms with Gasteiger partial charge < -0.3 is 12.4 Å². The third-order valence-corrected chi connectivity index (χ3v) is 4.21. The second-order valence-corrected chi connectivity index (χ2v) is 5.89. The average Bonchev–Trinajstić information content (AvgIpc) is 2.48. The van der Waals surface area contributed by atoms with Crippen molar-refractivity contribution in [3.05, 3.63) is 29.1 Å². The van der Waals surface area contributed by atoms with Gasteiger partial charge in [-0.3, -0.25) is 0 Å². The second kappa shape index (κ2) is 12.0. The van der Waals surface area contributed by atoms with Crippen molar-refractivity contribution in [2.75, 3.05) is 0 Å². The molecule has 0 bridgehead atoms. The monoisotopic (exact) mass is 311 g/mol. The van der Waals surface area contributed by atoms with E-state index >= 15 is 0 Å². The van der Waals surface area contributed by atoms with E-state index in [-0.39, 0.29) is 12.4 Å². The third-order valence-electron chi connectivity index (χ3n) is 4.21. The van der Waals surface area contributed by atoms with Crippen LogP contribution in [0.2, 0.25) is 0 Å². The van der Waals surface area contributed by atoms with Crippen LogP contribution in [-0.2, 0) is 25.8 Å². The largest absolute Gasteiger partial charge is 1.00 e. The molecule has 1 heterocycles. The van der Waals surface area contributed by atoms with E-state index in [0.29, 0.717) is 0 Å². The number of unbranched alkanes of at least 4 members (excludes halogenated alkanes) is 4. The van der Waals surface area contributed by atoms with Crippen LogP contribution >= 0.6 is 0 Å². The van der Waals surface area contributed by atoms with E-state index in [0.717, 1.165) is 6.54 Å². The Bertz CT molecular complexity index is 387. The highest BCUT2D eigenvalue weighted by molar-refractivity contribution is 5.30. The lowest BCUT2D eigenvalue weighted by atomic mass is 9.94. The van der Waals surface area contributed by atoms with E-state index in [1.165, 1.54) is 57.8 Å². The topological polar surface area (TPSA) is 3.88 Å². The van der Waals surface area contributed by atoms with E-state index in [9.17, 15) is 0 Å². The minimum Gasteiger partial charge on any atom is -1.00 e. The molecule has 1 rings (SSSR count). The van der Waals surface area contributed by atoms with Crippen LogP contribution in [0.3, 0.4) is 0 Å². The van der Waals surface area contributed by atoms with Crippen LogP contribution in [0.15, 0.2) is 12.4 Å². The summed E-state index contributed by atoms with van der Waals surface area (Å²) in [6.07, 6.45) is 16.6. The van der Waals surface area contributed by atoms with E-state index < -0.39 is 0 Å². The van der Waals surface area contributed by atoms with Gasteiger partial charge in [0.15, 0.2) is 12.4 Å². The predicted molar refractivity (Wildman–Crippen MR) is 88.1 cm³/mol. The van der Waals surface area contributed by atoms with Gasteiger partial charge in [0.05, 0.1) is 0 Å². The summed E-state index contributed by atoms with van der Waals surface area (Å²) in [4.78, 5) is 0. The molecule has 0 aliphatic carbocycles. The molecule has 1 aromatic rings. The molecule has 0 N–H and O–H groups in total. The molecule has 1 aromatic heterocycles. The lowest BCUT2D eigenvalue weighted by Crippen LogP contribution is -3.00. The number of aryl methyl sites for hydroxylation is 3. The first kappa shape index (κ1) is 20.4. The van der Waals surface area contributed by atoms with Gasteiger partial charge in [-0.25, -0.2) is 4.57 Å². The Kier molecular flexibility index (Phi) is 11.7. The van der Waals surface area contributed by atoms with Crippen molar-refractivity contribution in [2.24, 2.45) is 0 Å². The molecular formula is C19H34ClN. The van der Waals surface area contributed by atoms with Gasteiger partial charge in [-0.15, -0.1) is 0 Å². The number of pyridine rings is 1. The van der Waals surface area contributed by atoms with Gasteiger partial charge in [-0.2, -0.15) is 0 Å². The fraction of sp³-hybridized carbons (Fsp3) is 0.737. The summed E-state index contributed by atoms with van der Waals surface area (Å²) < 4.78 is 2.37. The van der Waals surface area contributed by atoms with E-state index in [4.69, 9.17) is 0 Å². The van der Waals surface area contributed by atoms with Crippen molar-refractivity contribution in [1.82, 2.24) is 0 Å². The summed E-state index contributed by atoms with van der Waals surface area (Å²) in [5, 5.41) is 0. The SMILES string of the molecule is CCCCCCCc1c[n+](CC)cc(CC)c1CCC.[Cl-]. The van der Waals surface area contributed by atoms with Gasteiger partial charge in [-0.05, 0) is 38.2 Å². The molecule has 0 spiro atoms. The van der Waals surface area contributed by atoms with Crippen molar-refractivity contribution < 1.29 is 17.0 Å².